The summed E-state index contributed by atoms with van der Waals surface area (Å²) < 4.78 is 2.89. The summed E-state index contributed by atoms with van der Waals surface area (Å²) in [5.41, 5.74) is 2.98. The number of carbonyl (C=O) groups excluding carboxylic acids is 1. The first-order chi connectivity index (χ1) is 13.6. The maximum absolute atomic E-state index is 13.6. The van der Waals surface area contributed by atoms with Gasteiger partial charge in [-0.05, 0) is 55.7 Å². The van der Waals surface area contributed by atoms with Crippen LogP contribution in [0.15, 0.2) is 38.4 Å². The topological polar surface area (TPSA) is 64.0 Å². The zero-order valence-corrected chi connectivity index (χ0v) is 18.2. The molecule has 0 saturated carbocycles. The number of aromatic nitrogens is 2. The molecule has 0 fully saturated rings. The Kier molecular flexibility index (Phi) is 5.80. The molecule has 0 aliphatic carbocycles. The quantitative estimate of drug-likeness (QED) is 0.488. The monoisotopic (exact) mass is 431 g/mol. The molecule has 3 aromatic rings. The fourth-order valence-electron chi connectivity index (χ4n) is 3.29. The van der Waals surface area contributed by atoms with Gasteiger partial charge in [-0.2, -0.15) is 0 Å². The van der Waals surface area contributed by atoms with Crippen LogP contribution in [0.25, 0.3) is 15.9 Å². The zero-order valence-electron chi connectivity index (χ0n) is 15.8. The highest BCUT2D eigenvalue weighted by molar-refractivity contribution is 8.01. The molecule has 1 aliphatic rings. The lowest BCUT2D eigenvalue weighted by molar-refractivity contribution is -0.118. The molecule has 1 amide bonds. The number of thioether (sulfide) groups is 2. The SMILES string of the molecule is CCNC(=O)CSc1nc2sc3c(c2c(=O)n1-c1cccc(C)c1)CCCS3. The minimum absolute atomic E-state index is 0.0333. The minimum atomic E-state index is -0.0568. The summed E-state index contributed by atoms with van der Waals surface area (Å²) in [4.78, 5) is 31.2. The van der Waals surface area contributed by atoms with Crippen molar-refractivity contribution >= 4 is 51.0 Å². The molecule has 5 nitrogen and oxygen atoms in total. The fourth-order valence-corrected chi connectivity index (χ4v) is 6.71. The Labute approximate surface area is 175 Å². The van der Waals surface area contributed by atoms with Crippen LogP contribution in [-0.4, -0.2) is 33.5 Å². The molecule has 2 aromatic heterocycles. The molecular formula is C20H21N3O2S3. The van der Waals surface area contributed by atoms with Crippen LogP contribution in [0.1, 0.15) is 24.5 Å². The van der Waals surface area contributed by atoms with E-state index in [1.54, 1.807) is 15.9 Å². The Hall–Kier alpha value is -1.77. The zero-order chi connectivity index (χ0) is 19.7. The third-order valence-corrected chi connectivity index (χ3v) is 7.99. The number of fused-ring (bicyclic) bond motifs is 3. The smallest absolute Gasteiger partial charge is 0.267 e. The molecule has 0 atom stereocenters. The van der Waals surface area contributed by atoms with Gasteiger partial charge in [0.2, 0.25) is 5.91 Å². The summed E-state index contributed by atoms with van der Waals surface area (Å²) in [6.07, 6.45) is 2.01. The van der Waals surface area contributed by atoms with Crippen LogP contribution in [0.5, 0.6) is 0 Å². The number of hydrogen-bond donors (Lipinski definition) is 1. The lowest BCUT2D eigenvalue weighted by atomic mass is 10.1. The Morgan fingerprint density at radius 1 is 1.39 bits per heavy atom. The van der Waals surface area contributed by atoms with Crippen molar-refractivity contribution in [2.24, 2.45) is 0 Å². The van der Waals surface area contributed by atoms with E-state index < -0.39 is 0 Å². The molecule has 0 spiro atoms. The van der Waals surface area contributed by atoms with Gasteiger partial charge in [-0.1, -0.05) is 23.9 Å². The second-order valence-corrected chi connectivity index (χ2v) is 9.92. The molecule has 1 N–H and O–H groups in total. The fraction of sp³-hybridized carbons (Fsp3) is 0.350. The van der Waals surface area contributed by atoms with E-state index in [9.17, 15) is 9.59 Å². The standard InChI is InChI=1S/C20H21N3O2S3/c1-3-21-15(24)11-27-20-22-17-16(14-8-5-9-26-19(14)28-17)18(25)23(20)13-7-4-6-12(2)10-13/h4,6-7,10H,3,5,8-9,11H2,1-2H3,(H,21,24). The number of benzene rings is 1. The molecule has 3 heterocycles. The molecule has 28 heavy (non-hydrogen) atoms. The third kappa shape index (κ3) is 3.73. The van der Waals surface area contributed by atoms with E-state index in [2.05, 4.69) is 5.32 Å². The van der Waals surface area contributed by atoms with E-state index in [1.165, 1.54) is 16.0 Å². The molecule has 146 valence electrons. The Morgan fingerprint density at radius 3 is 3.04 bits per heavy atom. The second kappa shape index (κ2) is 8.31. The van der Waals surface area contributed by atoms with Crippen molar-refractivity contribution in [3.63, 3.8) is 0 Å². The van der Waals surface area contributed by atoms with E-state index >= 15 is 0 Å². The summed E-state index contributed by atoms with van der Waals surface area (Å²) >= 11 is 4.73. The number of rotatable bonds is 5. The number of nitrogens with one attached hydrogen (secondary N) is 1. The molecule has 4 rings (SSSR count). The van der Waals surface area contributed by atoms with Gasteiger partial charge in [-0.15, -0.1) is 23.1 Å². The van der Waals surface area contributed by atoms with Crippen LogP contribution in [0.4, 0.5) is 0 Å². The second-order valence-electron chi connectivity index (χ2n) is 6.62. The average Bonchev–Trinajstić information content (AvgIpc) is 3.05. The predicted octanol–water partition coefficient (Wildman–Crippen LogP) is 4.02. The van der Waals surface area contributed by atoms with Crippen LogP contribution in [0.2, 0.25) is 0 Å². The Morgan fingerprint density at radius 2 is 2.25 bits per heavy atom. The maximum atomic E-state index is 13.6. The molecule has 0 radical (unpaired) electrons. The van der Waals surface area contributed by atoms with E-state index in [0.717, 1.165) is 45.6 Å². The molecule has 0 saturated heterocycles. The lowest BCUT2D eigenvalue weighted by Crippen LogP contribution is -2.26. The van der Waals surface area contributed by atoms with Gasteiger partial charge in [0.1, 0.15) is 4.83 Å². The summed E-state index contributed by atoms with van der Waals surface area (Å²) in [6, 6.07) is 7.86. The van der Waals surface area contributed by atoms with Crippen molar-refractivity contribution < 1.29 is 4.79 Å². The van der Waals surface area contributed by atoms with Gasteiger partial charge in [0.05, 0.1) is 21.0 Å². The highest BCUT2D eigenvalue weighted by Crippen LogP contribution is 2.40. The van der Waals surface area contributed by atoms with E-state index in [1.807, 2.05) is 49.9 Å². The number of carbonyl (C=O) groups is 1. The van der Waals surface area contributed by atoms with Gasteiger partial charge in [0.25, 0.3) is 5.56 Å². The summed E-state index contributed by atoms with van der Waals surface area (Å²) in [5.74, 6) is 1.26. The first kappa shape index (κ1) is 19.5. The van der Waals surface area contributed by atoms with Gasteiger partial charge < -0.3 is 5.32 Å². The molecule has 0 unspecified atom stereocenters. The highest BCUT2D eigenvalue weighted by Gasteiger charge is 2.23. The van der Waals surface area contributed by atoms with Gasteiger partial charge in [0.15, 0.2) is 5.16 Å². The van der Waals surface area contributed by atoms with E-state index in [-0.39, 0.29) is 17.2 Å². The molecular weight excluding hydrogens is 410 g/mol. The average molecular weight is 432 g/mol. The van der Waals surface area contributed by atoms with Gasteiger partial charge in [-0.3, -0.25) is 14.2 Å². The molecule has 1 aromatic carbocycles. The predicted molar refractivity (Wildman–Crippen MR) is 118 cm³/mol. The molecule has 1 aliphatic heterocycles. The Bertz CT molecular complexity index is 1100. The Balaban J connectivity index is 1.89. The number of thiophene rings is 1. The van der Waals surface area contributed by atoms with E-state index in [4.69, 9.17) is 4.98 Å². The van der Waals surface area contributed by atoms with Crippen LogP contribution >= 0.6 is 34.9 Å². The number of nitrogens with zero attached hydrogens (tertiary/aromatic N) is 2. The van der Waals surface area contributed by atoms with Crippen molar-refractivity contribution in [3.05, 3.63) is 45.7 Å². The van der Waals surface area contributed by atoms with Gasteiger partial charge in [0, 0.05) is 6.54 Å². The van der Waals surface area contributed by atoms with Crippen molar-refractivity contribution in [1.29, 1.82) is 0 Å². The van der Waals surface area contributed by atoms with Crippen molar-refractivity contribution in [2.45, 2.75) is 36.1 Å². The van der Waals surface area contributed by atoms with Crippen LogP contribution in [-0.2, 0) is 11.2 Å². The largest absolute Gasteiger partial charge is 0.356 e. The number of hydrogen-bond acceptors (Lipinski definition) is 6. The van der Waals surface area contributed by atoms with E-state index in [0.29, 0.717) is 11.7 Å². The minimum Gasteiger partial charge on any atom is -0.356 e. The molecule has 8 heteroatoms. The van der Waals surface area contributed by atoms with Crippen molar-refractivity contribution in [2.75, 3.05) is 18.1 Å². The highest BCUT2D eigenvalue weighted by atomic mass is 32.2. The molecule has 0 bridgehead atoms. The van der Waals surface area contributed by atoms with Crippen LogP contribution < -0.4 is 10.9 Å². The van der Waals surface area contributed by atoms with Crippen molar-refractivity contribution in [1.82, 2.24) is 14.9 Å². The van der Waals surface area contributed by atoms with Gasteiger partial charge in [-0.25, -0.2) is 4.98 Å². The first-order valence-electron chi connectivity index (χ1n) is 9.26. The number of aryl methyl sites for hydroxylation is 2. The van der Waals surface area contributed by atoms with Crippen molar-refractivity contribution in [3.8, 4) is 5.69 Å². The number of amides is 1. The lowest BCUT2D eigenvalue weighted by Gasteiger charge is -2.14. The third-order valence-electron chi connectivity index (χ3n) is 4.53. The van der Waals surface area contributed by atoms with Crippen LogP contribution in [0, 0.1) is 6.92 Å². The van der Waals surface area contributed by atoms with Crippen LogP contribution in [0.3, 0.4) is 0 Å². The normalized spacial score (nSPS) is 13.5. The first-order valence-corrected chi connectivity index (χ1v) is 12.0. The summed E-state index contributed by atoms with van der Waals surface area (Å²) in [5, 5.41) is 4.11. The summed E-state index contributed by atoms with van der Waals surface area (Å²) in [7, 11) is 0. The maximum Gasteiger partial charge on any atom is 0.267 e. The van der Waals surface area contributed by atoms with Gasteiger partial charge >= 0.3 is 0 Å². The summed E-state index contributed by atoms with van der Waals surface area (Å²) in [6.45, 7) is 4.49.